The van der Waals surface area contributed by atoms with Crippen LogP contribution in [0.4, 0.5) is 0 Å². The minimum absolute atomic E-state index is 0.334. The molecule has 1 saturated carbocycles. The van der Waals surface area contributed by atoms with Crippen molar-refractivity contribution in [1.82, 2.24) is 9.62 Å². The predicted molar refractivity (Wildman–Crippen MR) is 78.6 cm³/mol. The fourth-order valence-electron chi connectivity index (χ4n) is 3.31. The van der Waals surface area contributed by atoms with E-state index in [1.54, 1.807) is 11.4 Å². The Kier molecular flexibility index (Phi) is 5.66. The first kappa shape index (κ1) is 15.3. The molecule has 0 atom stereocenters. The van der Waals surface area contributed by atoms with E-state index >= 15 is 0 Å². The molecule has 0 aromatic heterocycles. The number of piperidine rings is 1. The zero-order valence-corrected chi connectivity index (χ0v) is 12.9. The SMILES string of the molecule is CN(CC1CCCC1)S(=O)(=O)CCC1CCNCC1. The Morgan fingerprint density at radius 3 is 2.32 bits per heavy atom. The van der Waals surface area contributed by atoms with Crippen LogP contribution in [0, 0.1) is 11.8 Å². The lowest BCUT2D eigenvalue weighted by Gasteiger charge is -2.25. The number of hydrogen-bond donors (Lipinski definition) is 1. The van der Waals surface area contributed by atoms with Gasteiger partial charge in [-0.05, 0) is 57.0 Å². The van der Waals surface area contributed by atoms with E-state index in [0.717, 1.165) is 38.9 Å². The molecule has 1 aliphatic heterocycles. The summed E-state index contributed by atoms with van der Waals surface area (Å²) in [6.45, 7) is 2.82. The van der Waals surface area contributed by atoms with Crippen LogP contribution < -0.4 is 5.32 Å². The quantitative estimate of drug-likeness (QED) is 0.811. The van der Waals surface area contributed by atoms with E-state index < -0.39 is 10.0 Å². The number of nitrogens with zero attached hydrogens (tertiary/aromatic N) is 1. The lowest BCUT2D eigenvalue weighted by Crippen LogP contribution is -2.35. The molecule has 1 heterocycles. The molecule has 0 amide bonds. The van der Waals surface area contributed by atoms with Crippen LogP contribution >= 0.6 is 0 Å². The van der Waals surface area contributed by atoms with Crippen LogP contribution in [0.25, 0.3) is 0 Å². The molecule has 2 aliphatic rings. The summed E-state index contributed by atoms with van der Waals surface area (Å²) >= 11 is 0. The lowest BCUT2D eigenvalue weighted by molar-refractivity contribution is 0.356. The molecule has 4 nitrogen and oxygen atoms in total. The van der Waals surface area contributed by atoms with Gasteiger partial charge in [0.05, 0.1) is 5.75 Å². The maximum atomic E-state index is 12.3. The molecule has 2 fully saturated rings. The van der Waals surface area contributed by atoms with Gasteiger partial charge in [-0.2, -0.15) is 0 Å². The summed E-state index contributed by atoms with van der Waals surface area (Å²) in [5.41, 5.74) is 0. The summed E-state index contributed by atoms with van der Waals surface area (Å²) in [6.07, 6.45) is 8.03. The molecule has 0 radical (unpaired) electrons. The third kappa shape index (κ3) is 4.72. The van der Waals surface area contributed by atoms with Gasteiger partial charge in [0.2, 0.25) is 10.0 Å². The summed E-state index contributed by atoms with van der Waals surface area (Å²) in [5, 5.41) is 3.32. The summed E-state index contributed by atoms with van der Waals surface area (Å²) in [4.78, 5) is 0. The maximum absolute atomic E-state index is 12.3. The van der Waals surface area contributed by atoms with Crippen molar-refractivity contribution in [2.75, 3.05) is 32.4 Å². The second kappa shape index (κ2) is 7.04. The fourth-order valence-corrected chi connectivity index (χ4v) is 4.69. The van der Waals surface area contributed by atoms with Crippen LogP contribution in [-0.4, -0.2) is 45.2 Å². The molecule has 2 rings (SSSR count). The fraction of sp³-hybridized carbons (Fsp3) is 1.00. The summed E-state index contributed by atoms with van der Waals surface area (Å²) in [6, 6.07) is 0. The third-order valence-electron chi connectivity index (χ3n) is 4.71. The average Bonchev–Trinajstić information content (AvgIpc) is 2.90. The van der Waals surface area contributed by atoms with Crippen LogP contribution in [0.3, 0.4) is 0 Å². The van der Waals surface area contributed by atoms with Crippen LogP contribution in [0.15, 0.2) is 0 Å². The molecule has 0 aromatic rings. The summed E-state index contributed by atoms with van der Waals surface area (Å²) < 4.78 is 26.2. The van der Waals surface area contributed by atoms with E-state index in [2.05, 4.69) is 5.32 Å². The minimum atomic E-state index is -3.03. The third-order valence-corrected chi connectivity index (χ3v) is 6.56. The van der Waals surface area contributed by atoms with Gasteiger partial charge in [-0.1, -0.05) is 12.8 Å². The molecular formula is C14H28N2O2S. The monoisotopic (exact) mass is 288 g/mol. The van der Waals surface area contributed by atoms with Crippen LogP contribution in [0.1, 0.15) is 44.9 Å². The Morgan fingerprint density at radius 2 is 1.68 bits per heavy atom. The topological polar surface area (TPSA) is 49.4 Å². The zero-order valence-electron chi connectivity index (χ0n) is 12.1. The van der Waals surface area contributed by atoms with Gasteiger partial charge in [-0.15, -0.1) is 0 Å². The highest BCUT2D eigenvalue weighted by molar-refractivity contribution is 7.89. The molecule has 0 unspecified atom stereocenters. The van der Waals surface area contributed by atoms with Gasteiger partial charge in [-0.3, -0.25) is 0 Å². The van der Waals surface area contributed by atoms with Gasteiger partial charge >= 0.3 is 0 Å². The van der Waals surface area contributed by atoms with E-state index in [-0.39, 0.29) is 0 Å². The Morgan fingerprint density at radius 1 is 1.05 bits per heavy atom. The van der Waals surface area contributed by atoms with Gasteiger partial charge < -0.3 is 5.32 Å². The van der Waals surface area contributed by atoms with Crippen molar-refractivity contribution in [3.8, 4) is 0 Å². The first-order chi connectivity index (χ1) is 9.08. The number of nitrogens with one attached hydrogen (secondary N) is 1. The van der Waals surface area contributed by atoms with Crippen molar-refractivity contribution in [3.63, 3.8) is 0 Å². The van der Waals surface area contributed by atoms with Crippen molar-refractivity contribution >= 4 is 10.0 Å². The van der Waals surface area contributed by atoms with E-state index in [0.29, 0.717) is 17.6 Å². The molecule has 19 heavy (non-hydrogen) atoms. The van der Waals surface area contributed by atoms with E-state index in [9.17, 15) is 8.42 Å². The second-order valence-corrected chi connectivity index (χ2v) is 8.42. The van der Waals surface area contributed by atoms with Gasteiger partial charge in [0.1, 0.15) is 0 Å². The van der Waals surface area contributed by atoms with Crippen molar-refractivity contribution < 1.29 is 8.42 Å². The van der Waals surface area contributed by atoms with Gasteiger partial charge in [0.25, 0.3) is 0 Å². The smallest absolute Gasteiger partial charge is 0.213 e. The largest absolute Gasteiger partial charge is 0.317 e. The normalized spacial score (nSPS) is 23.3. The van der Waals surface area contributed by atoms with E-state index in [1.807, 2.05) is 0 Å². The van der Waals surface area contributed by atoms with E-state index in [4.69, 9.17) is 0 Å². The van der Waals surface area contributed by atoms with Crippen molar-refractivity contribution in [2.45, 2.75) is 44.9 Å². The number of rotatable bonds is 6. The highest BCUT2D eigenvalue weighted by Gasteiger charge is 2.25. The Labute approximate surface area is 118 Å². The van der Waals surface area contributed by atoms with Crippen molar-refractivity contribution in [2.24, 2.45) is 11.8 Å². The Hall–Kier alpha value is -0.130. The van der Waals surface area contributed by atoms with Crippen molar-refractivity contribution in [1.29, 1.82) is 0 Å². The minimum Gasteiger partial charge on any atom is -0.317 e. The average molecular weight is 288 g/mol. The molecule has 0 bridgehead atoms. The van der Waals surface area contributed by atoms with Crippen LogP contribution in [0.5, 0.6) is 0 Å². The zero-order chi connectivity index (χ0) is 13.7. The predicted octanol–water partition coefficient (Wildman–Crippen LogP) is 1.83. The standard InChI is InChI=1S/C14H28N2O2S/c1-16(12-14-4-2-3-5-14)19(17,18)11-8-13-6-9-15-10-7-13/h13-15H,2-12H2,1H3. The maximum Gasteiger partial charge on any atom is 0.213 e. The molecule has 5 heteroatoms. The summed E-state index contributed by atoms with van der Waals surface area (Å²) in [5.74, 6) is 1.52. The van der Waals surface area contributed by atoms with Gasteiger partial charge in [0.15, 0.2) is 0 Å². The Balaban J connectivity index is 1.75. The number of hydrogen-bond acceptors (Lipinski definition) is 3. The lowest BCUT2D eigenvalue weighted by atomic mass is 9.96. The molecular weight excluding hydrogens is 260 g/mol. The molecule has 0 spiro atoms. The highest BCUT2D eigenvalue weighted by Crippen LogP contribution is 2.26. The molecule has 0 aromatic carbocycles. The Bertz CT molecular complexity index is 358. The number of sulfonamides is 1. The van der Waals surface area contributed by atoms with Crippen molar-refractivity contribution in [3.05, 3.63) is 0 Å². The van der Waals surface area contributed by atoms with Crippen LogP contribution in [0.2, 0.25) is 0 Å². The van der Waals surface area contributed by atoms with Gasteiger partial charge in [0, 0.05) is 13.6 Å². The van der Waals surface area contributed by atoms with Crippen LogP contribution in [-0.2, 0) is 10.0 Å². The molecule has 1 N–H and O–H groups in total. The summed E-state index contributed by atoms with van der Waals surface area (Å²) in [7, 11) is -1.27. The highest BCUT2D eigenvalue weighted by atomic mass is 32.2. The molecule has 1 saturated heterocycles. The molecule has 112 valence electrons. The molecule has 1 aliphatic carbocycles. The first-order valence-corrected chi connectivity index (χ1v) is 9.33. The van der Waals surface area contributed by atoms with Gasteiger partial charge in [-0.25, -0.2) is 12.7 Å². The van der Waals surface area contributed by atoms with E-state index in [1.165, 1.54) is 25.7 Å². The second-order valence-electron chi connectivity index (χ2n) is 6.23. The first-order valence-electron chi connectivity index (χ1n) is 7.72.